The van der Waals surface area contributed by atoms with Crippen molar-refractivity contribution in [3.8, 4) is 0 Å². The van der Waals surface area contributed by atoms with Crippen molar-refractivity contribution in [2.75, 3.05) is 6.61 Å². The molecule has 126 valence electrons. The van der Waals surface area contributed by atoms with Crippen LogP contribution in [0, 0.1) is 11.3 Å². The molecule has 3 heteroatoms. The first-order valence-corrected chi connectivity index (χ1v) is 8.56. The van der Waals surface area contributed by atoms with E-state index >= 15 is 0 Å². The highest BCUT2D eigenvalue weighted by molar-refractivity contribution is 6.06. The first-order chi connectivity index (χ1) is 10.8. The number of esters is 1. The van der Waals surface area contributed by atoms with Crippen LogP contribution in [-0.2, 0) is 14.3 Å². The van der Waals surface area contributed by atoms with Crippen molar-refractivity contribution in [1.29, 1.82) is 0 Å². The molecule has 0 amide bonds. The summed E-state index contributed by atoms with van der Waals surface area (Å²) in [5.74, 6) is -0.0385. The molecular weight excluding hydrogens is 288 g/mol. The van der Waals surface area contributed by atoms with Gasteiger partial charge in [0.15, 0.2) is 5.78 Å². The van der Waals surface area contributed by atoms with E-state index in [0.717, 1.165) is 24.0 Å². The molecule has 0 saturated heterocycles. The number of hydrogen-bond donors (Lipinski definition) is 0. The summed E-state index contributed by atoms with van der Waals surface area (Å²) in [5, 5.41) is 0. The minimum absolute atomic E-state index is 0.0754. The number of carbonyl (C=O) groups is 2. The van der Waals surface area contributed by atoms with Gasteiger partial charge in [-0.2, -0.15) is 0 Å². The smallest absolute Gasteiger partial charge is 0.333 e. The number of rotatable bonds is 3. The Morgan fingerprint density at radius 1 is 1.39 bits per heavy atom. The first kappa shape index (κ1) is 17.7. The van der Waals surface area contributed by atoms with Crippen LogP contribution in [0.5, 0.6) is 0 Å². The molecule has 23 heavy (non-hydrogen) atoms. The summed E-state index contributed by atoms with van der Waals surface area (Å²) in [6.07, 6.45) is 8.14. The monoisotopic (exact) mass is 316 g/mol. The minimum atomic E-state index is -0.316. The van der Waals surface area contributed by atoms with E-state index in [4.69, 9.17) is 4.74 Å². The number of fused-ring (bicyclic) bond motifs is 1. The van der Waals surface area contributed by atoms with Crippen LogP contribution >= 0.6 is 0 Å². The van der Waals surface area contributed by atoms with E-state index in [0.29, 0.717) is 5.57 Å². The van der Waals surface area contributed by atoms with Crippen LogP contribution in [0.15, 0.2) is 34.4 Å². The fourth-order valence-corrected chi connectivity index (χ4v) is 3.82. The summed E-state index contributed by atoms with van der Waals surface area (Å²) in [7, 11) is 0. The lowest BCUT2D eigenvalue weighted by Gasteiger charge is -2.45. The molecule has 0 heterocycles. The van der Waals surface area contributed by atoms with E-state index < -0.39 is 0 Å². The Morgan fingerprint density at radius 2 is 2.09 bits per heavy atom. The van der Waals surface area contributed by atoms with Crippen molar-refractivity contribution in [1.82, 2.24) is 0 Å². The van der Waals surface area contributed by atoms with Gasteiger partial charge in [-0.1, -0.05) is 31.9 Å². The Morgan fingerprint density at radius 3 is 2.74 bits per heavy atom. The third-order valence-electron chi connectivity index (χ3n) is 5.72. The van der Waals surface area contributed by atoms with Gasteiger partial charge in [0.25, 0.3) is 0 Å². The lowest BCUT2D eigenvalue weighted by molar-refractivity contribution is -0.138. The molecule has 2 aliphatic rings. The van der Waals surface area contributed by atoms with Gasteiger partial charge in [0.1, 0.15) is 6.61 Å². The van der Waals surface area contributed by atoms with Gasteiger partial charge >= 0.3 is 5.97 Å². The summed E-state index contributed by atoms with van der Waals surface area (Å²) >= 11 is 0. The molecule has 3 nitrogen and oxygen atoms in total. The van der Waals surface area contributed by atoms with Gasteiger partial charge in [-0.05, 0) is 63.0 Å². The highest BCUT2D eigenvalue weighted by Crippen LogP contribution is 2.51. The van der Waals surface area contributed by atoms with Gasteiger partial charge in [-0.3, -0.25) is 4.79 Å². The Hall–Kier alpha value is -1.64. The Labute approximate surface area is 139 Å². The van der Waals surface area contributed by atoms with Crippen molar-refractivity contribution >= 4 is 11.8 Å². The standard InChI is InChI=1S/C20H28O3/c1-6-13(2)19(22)23-12-14(3)18-15(4)20(5)10-8-7-9-16(20)11-17(18)21/h6,11,15H,7-10,12H2,1-5H3. The van der Waals surface area contributed by atoms with E-state index in [1.54, 1.807) is 13.0 Å². The number of hydrogen-bond acceptors (Lipinski definition) is 3. The fourth-order valence-electron chi connectivity index (χ4n) is 3.82. The molecule has 2 unspecified atom stereocenters. The maximum Gasteiger partial charge on any atom is 0.333 e. The summed E-state index contributed by atoms with van der Waals surface area (Å²) in [4.78, 5) is 24.4. The van der Waals surface area contributed by atoms with Crippen LogP contribution in [0.4, 0.5) is 0 Å². The van der Waals surface area contributed by atoms with Gasteiger partial charge in [0.2, 0.25) is 0 Å². The third-order valence-corrected chi connectivity index (χ3v) is 5.72. The van der Waals surface area contributed by atoms with Gasteiger partial charge < -0.3 is 4.74 Å². The highest BCUT2D eigenvalue weighted by Gasteiger charge is 2.43. The quantitative estimate of drug-likeness (QED) is 0.567. The second-order valence-electron chi connectivity index (χ2n) is 7.12. The lowest BCUT2D eigenvalue weighted by Crippen LogP contribution is -2.38. The van der Waals surface area contributed by atoms with E-state index in [1.807, 2.05) is 19.9 Å². The van der Waals surface area contributed by atoms with Gasteiger partial charge in [0.05, 0.1) is 0 Å². The fraction of sp³-hybridized carbons (Fsp3) is 0.600. The highest BCUT2D eigenvalue weighted by atomic mass is 16.5. The minimum Gasteiger partial charge on any atom is -0.458 e. The zero-order valence-electron chi connectivity index (χ0n) is 15.0. The summed E-state index contributed by atoms with van der Waals surface area (Å²) in [5.41, 5.74) is 3.68. The molecule has 0 bridgehead atoms. The number of ether oxygens (including phenoxy) is 1. The van der Waals surface area contributed by atoms with Crippen LogP contribution in [0.1, 0.15) is 60.3 Å². The predicted molar refractivity (Wildman–Crippen MR) is 91.9 cm³/mol. The van der Waals surface area contributed by atoms with E-state index in [1.165, 1.54) is 18.4 Å². The molecule has 0 spiro atoms. The number of allylic oxidation sites excluding steroid dienone is 4. The molecule has 0 radical (unpaired) electrons. The lowest BCUT2D eigenvalue weighted by atomic mass is 9.58. The number of carbonyl (C=O) groups excluding carboxylic acids is 2. The molecular formula is C20H28O3. The van der Waals surface area contributed by atoms with Crippen LogP contribution in [0.3, 0.4) is 0 Å². The van der Waals surface area contributed by atoms with Crippen molar-refractivity contribution in [3.05, 3.63) is 34.4 Å². The van der Waals surface area contributed by atoms with E-state index in [-0.39, 0.29) is 29.7 Å². The Bertz CT molecular complexity index is 606. The van der Waals surface area contributed by atoms with Crippen molar-refractivity contribution in [3.63, 3.8) is 0 Å². The molecule has 0 N–H and O–H groups in total. The first-order valence-electron chi connectivity index (χ1n) is 8.56. The average molecular weight is 316 g/mol. The Kier molecular flexibility index (Phi) is 5.28. The second kappa shape index (κ2) is 6.86. The van der Waals surface area contributed by atoms with Crippen molar-refractivity contribution in [2.45, 2.75) is 60.3 Å². The molecule has 0 aromatic carbocycles. The SMILES string of the molecule is CC=C(C)C(=O)OCC(C)=C1C(=O)C=C2CCCCC2(C)C1C. The average Bonchev–Trinajstić information content (AvgIpc) is 2.53. The summed E-state index contributed by atoms with van der Waals surface area (Å²) in [6, 6.07) is 0. The number of ketones is 1. The second-order valence-corrected chi connectivity index (χ2v) is 7.12. The zero-order chi connectivity index (χ0) is 17.2. The van der Waals surface area contributed by atoms with Crippen LogP contribution in [0.2, 0.25) is 0 Å². The van der Waals surface area contributed by atoms with Gasteiger partial charge in [-0.15, -0.1) is 0 Å². The van der Waals surface area contributed by atoms with Gasteiger partial charge in [-0.25, -0.2) is 4.79 Å². The maximum atomic E-state index is 12.6. The van der Waals surface area contributed by atoms with Crippen LogP contribution in [0.25, 0.3) is 0 Å². The van der Waals surface area contributed by atoms with Crippen molar-refractivity contribution in [2.24, 2.45) is 11.3 Å². The molecule has 2 atom stereocenters. The van der Waals surface area contributed by atoms with Crippen molar-refractivity contribution < 1.29 is 14.3 Å². The molecule has 2 aliphatic carbocycles. The van der Waals surface area contributed by atoms with E-state index in [2.05, 4.69) is 13.8 Å². The van der Waals surface area contributed by atoms with E-state index in [9.17, 15) is 9.59 Å². The molecule has 2 rings (SSSR count). The summed E-state index contributed by atoms with van der Waals surface area (Å²) in [6.45, 7) is 10.1. The Balaban J connectivity index is 2.25. The normalized spacial score (nSPS) is 30.5. The molecule has 0 aliphatic heterocycles. The third kappa shape index (κ3) is 3.34. The van der Waals surface area contributed by atoms with Crippen LogP contribution in [-0.4, -0.2) is 18.4 Å². The molecule has 0 aromatic rings. The maximum absolute atomic E-state index is 12.6. The summed E-state index contributed by atoms with van der Waals surface area (Å²) < 4.78 is 5.34. The molecule has 1 saturated carbocycles. The topological polar surface area (TPSA) is 43.4 Å². The molecule has 0 aromatic heterocycles. The largest absolute Gasteiger partial charge is 0.458 e. The molecule has 1 fully saturated rings. The zero-order valence-corrected chi connectivity index (χ0v) is 15.0. The van der Waals surface area contributed by atoms with Crippen LogP contribution < -0.4 is 0 Å². The van der Waals surface area contributed by atoms with Gasteiger partial charge in [0, 0.05) is 11.1 Å². The predicted octanol–water partition coefficient (Wildman–Crippen LogP) is 4.54.